The standard InChI is InChI=1S/C15H22BrN3O/c1-3-10-4-6-12(7-5-10)19-15(20)13-8-11(16)9-18-14(13)17-2/h8-10,12H,3-7H2,1-2H3,(H,17,18)(H,19,20). The van der Waals surface area contributed by atoms with E-state index in [9.17, 15) is 4.79 Å². The molecule has 0 atom stereocenters. The first-order valence-corrected chi connectivity index (χ1v) is 8.07. The van der Waals surface area contributed by atoms with Crippen LogP contribution in [0, 0.1) is 5.92 Å². The quantitative estimate of drug-likeness (QED) is 0.881. The maximum atomic E-state index is 12.4. The van der Waals surface area contributed by atoms with Crippen LogP contribution in [0.2, 0.25) is 0 Å². The Kier molecular flexibility index (Phi) is 5.40. The van der Waals surface area contributed by atoms with Crippen molar-refractivity contribution in [3.8, 4) is 0 Å². The van der Waals surface area contributed by atoms with E-state index in [1.54, 1.807) is 13.2 Å². The summed E-state index contributed by atoms with van der Waals surface area (Å²) in [6.07, 6.45) is 7.55. The zero-order valence-electron chi connectivity index (χ0n) is 12.1. The molecule has 2 N–H and O–H groups in total. The average Bonchev–Trinajstić information content (AvgIpc) is 2.48. The maximum absolute atomic E-state index is 12.4. The van der Waals surface area contributed by atoms with E-state index in [1.807, 2.05) is 6.07 Å². The molecule has 1 amide bonds. The molecule has 20 heavy (non-hydrogen) atoms. The van der Waals surface area contributed by atoms with Gasteiger partial charge in [0, 0.05) is 23.8 Å². The first-order valence-electron chi connectivity index (χ1n) is 7.28. The smallest absolute Gasteiger partial charge is 0.255 e. The highest BCUT2D eigenvalue weighted by Crippen LogP contribution is 2.27. The maximum Gasteiger partial charge on any atom is 0.255 e. The Hall–Kier alpha value is -1.10. The highest BCUT2D eigenvalue weighted by Gasteiger charge is 2.22. The van der Waals surface area contributed by atoms with E-state index in [0.29, 0.717) is 17.4 Å². The molecule has 4 nitrogen and oxygen atoms in total. The van der Waals surface area contributed by atoms with Gasteiger partial charge in [0.1, 0.15) is 5.82 Å². The van der Waals surface area contributed by atoms with Gasteiger partial charge < -0.3 is 10.6 Å². The number of aromatic nitrogens is 1. The number of anilines is 1. The Morgan fingerprint density at radius 1 is 1.40 bits per heavy atom. The Morgan fingerprint density at radius 3 is 2.70 bits per heavy atom. The third-order valence-electron chi connectivity index (χ3n) is 4.10. The fourth-order valence-electron chi connectivity index (χ4n) is 2.79. The molecule has 0 unspecified atom stereocenters. The fourth-order valence-corrected chi connectivity index (χ4v) is 3.12. The van der Waals surface area contributed by atoms with Crippen molar-refractivity contribution < 1.29 is 4.79 Å². The van der Waals surface area contributed by atoms with E-state index in [0.717, 1.165) is 23.2 Å². The number of hydrogen-bond donors (Lipinski definition) is 2. The summed E-state index contributed by atoms with van der Waals surface area (Å²) in [5.41, 5.74) is 0.597. The number of pyridine rings is 1. The predicted octanol–water partition coefficient (Wildman–Crippen LogP) is 3.58. The van der Waals surface area contributed by atoms with Crippen molar-refractivity contribution in [3.63, 3.8) is 0 Å². The SMILES string of the molecule is CCC1CCC(NC(=O)c2cc(Br)cnc2NC)CC1. The zero-order chi connectivity index (χ0) is 14.5. The van der Waals surface area contributed by atoms with Crippen LogP contribution in [0.15, 0.2) is 16.7 Å². The highest BCUT2D eigenvalue weighted by molar-refractivity contribution is 9.10. The van der Waals surface area contributed by atoms with Gasteiger partial charge in [-0.1, -0.05) is 13.3 Å². The van der Waals surface area contributed by atoms with Gasteiger partial charge >= 0.3 is 0 Å². The molecule has 1 saturated carbocycles. The molecular weight excluding hydrogens is 318 g/mol. The van der Waals surface area contributed by atoms with Crippen LogP contribution in [0.25, 0.3) is 0 Å². The summed E-state index contributed by atoms with van der Waals surface area (Å²) >= 11 is 3.37. The summed E-state index contributed by atoms with van der Waals surface area (Å²) in [6, 6.07) is 2.11. The van der Waals surface area contributed by atoms with E-state index in [1.165, 1.54) is 19.3 Å². The van der Waals surface area contributed by atoms with Gasteiger partial charge in [0.15, 0.2) is 0 Å². The molecule has 1 aromatic rings. The molecule has 2 rings (SSSR count). The van der Waals surface area contributed by atoms with Gasteiger partial charge in [-0.3, -0.25) is 4.79 Å². The Balaban J connectivity index is 2.00. The second-order valence-electron chi connectivity index (χ2n) is 5.40. The van der Waals surface area contributed by atoms with Crippen molar-refractivity contribution in [1.29, 1.82) is 0 Å². The summed E-state index contributed by atoms with van der Waals surface area (Å²) in [4.78, 5) is 16.6. The van der Waals surface area contributed by atoms with E-state index < -0.39 is 0 Å². The lowest BCUT2D eigenvalue weighted by molar-refractivity contribution is 0.0922. The fraction of sp³-hybridized carbons (Fsp3) is 0.600. The minimum Gasteiger partial charge on any atom is -0.372 e. The van der Waals surface area contributed by atoms with Crippen molar-refractivity contribution in [2.24, 2.45) is 5.92 Å². The average molecular weight is 340 g/mol. The van der Waals surface area contributed by atoms with E-state index in [-0.39, 0.29) is 5.91 Å². The number of nitrogens with one attached hydrogen (secondary N) is 2. The van der Waals surface area contributed by atoms with Crippen molar-refractivity contribution in [3.05, 3.63) is 22.3 Å². The number of amides is 1. The van der Waals surface area contributed by atoms with Gasteiger partial charge in [-0.2, -0.15) is 0 Å². The second kappa shape index (κ2) is 7.07. The molecule has 1 fully saturated rings. The highest BCUT2D eigenvalue weighted by atomic mass is 79.9. The molecule has 1 aliphatic carbocycles. The minimum absolute atomic E-state index is 0.0388. The molecule has 110 valence electrons. The minimum atomic E-state index is -0.0388. The number of carbonyl (C=O) groups is 1. The van der Waals surface area contributed by atoms with Crippen molar-refractivity contribution >= 4 is 27.7 Å². The largest absolute Gasteiger partial charge is 0.372 e. The van der Waals surface area contributed by atoms with E-state index >= 15 is 0 Å². The third-order valence-corrected chi connectivity index (χ3v) is 4.53. The molecule has 0 saturated heterocycles. The number of halogens is 1. The lowest BCUT2D eigenvalue weighted by atomic mass is 9.84. The zero-order valence-corrected chi connectivity index (χ0v) is 13.7. The van der Waals surface area contributed by atoms with E-state index in [2.05, 4.69) is 38.5 Å². The monoisotopic (exact) mass is 339 g/mol. The van der Waals surface area contributed by atoms with Crippen molar-refractivity contribution in [2.45, 2.75) is 45.1 Å². The van der Waals surface area contributed by atoms with E-state index in [4.69, 9.17) is 0 Å². The molecule has 1 heterocycles. The normalized spacial score (nSPS) is 22.4. The van der Waals surface area contributed by atoms with Crippen LogP contribution in [-0.4, -0.2) is 24.0 Å². The molecule has 0 aliphatic heterocycles. The number of rotatable bonds is 4. The molecule has 1 aromatic heterocycles. The molecular formula is C15H22BrN3O. The third kappa shape index (κ3) is 3.72. The lowest BCUT2D eigenvalue weighted by Crippen LogP contribution is -2.37. The van der Waals surface area contributed by atoms with Crippen molar-refractivity contribution in [1.82, 2.24) is 10.3 Å². The number of hydrogen-bond acceptors (Lipinski definition) is 3. The van der Waals surface area contributed by atoms with Gasteiger partial charge in [0.2, 0.25) is 0 Å². The van der Waals surface area contributed by atoms with Crippen LogP contribution in [0.1, 0.15) is 49.4 Å². The number of nitrogens with zero attached hydrogens (tertiary/aromatic N) is 1. The summed E-state index contributed by atoms with van der Waals surface area (Å²) in [7, 11) is 1.78. The number of carbonyl (C=O) groups excluding carboxylic acids is 1. The summed E-state index contributed by atoms with van der Waals surface area (Å²) in [5, 5.41) is 6.11. The second-order valence-corrected chi connectivity index (χ2v) is 6.31. The van der Waals surface area contributed by atoms with Gasteiger partial charge in [-0.05, 0) is 53.6 Å². The van der Waals surface area contributed by atoms with Crippen molar-refractivity contribution in [2.75, 3.05) is 12.4 Å². The van der Waals surface area contributed by atoms with Gasteiger partial charge in [0.05, 0.1) is 5.56 Å². The summed E-state index contributed by atoms with van der Waals surface area (Å²) in [6.45, 7) is 2.25. The molecule has 0 aromatic carbocycles. The molecule has 0 radical (unpaired) electrons. The van der Waals surface area contributed by atoms with Crippen LogP contribution in [0.3, 0.4) is 0 Å². The first kappa shape index (κ1) is 15.3. The Bertz CT molecular complexity index is 470. The topological polar surface area (TPSA) is 54.0 Å². The Labute approximate surface area is 128 Å². The lowest BCUT2D eigenvalue weighted by Gasteiger charge is -2.28. The molecule has 5 heteroatoms. The van der Waals surface area contributed by atoms with Crippen LogP contribution in [-0.2, 0) is 0 Å². The van der Waals surface area contributed by atoms with Gasteiger partial charge in [0.25, 0.3) is 5.91 Å². The Morgan fingerprint density at radius 2 is 2.10 bits per heavy atom. The van der Waals surface area contributed by atoms with Gasteiger partial charge in [-0.25, -0.2) is 4.98 Å². The molecule has 1 aliphatic rings. The first-order chi connectivity index (χ1) is 9.63. The van der Waals surface area contributed by atoms with Crippen LogP contribution >= 0.6 is 15.9 Å². The van der Waals surface area contributed by atoms with Gasteiger partial charge in [-0.15, -0.1) is 0 Å². The van der Waals surface area contributed by atoms with Crippen LogP contribution < -0.4 is 10.6 Å². The van der Waals surface area contributed by atoms with Crippen LogP contribution in [0.5, 0.6) is 0 Å². The summed E-state index contributed by atoms with van der Waals surface area (Å²) in [5.74, 6) is 1.42. The van der Waals surface area contributed by atoms with Crippen LogP contribution in [0.4, 0.5) is 5.82 Å². The predicted molar refractivity (Wildman–Crippen MR) is 85.0 cm³/mol. The molecule has 0 bridgehead atoms. The molecule has 0 spiro atoms. The summed E-state index contributed by atoms with van der Waals surface area (Å²) < 4.78 is 0.816.